The predicted octanol–water partition coefficient (Wildman–Crippen LogP) is 5.51. The first kappa shape index (κ1) is 18.8. The normalized spacial score (nSPS) is 18.3. The van der Waals surface area contributed by atoms with E-state index in [2.05, 4.69) is 53.5 Å². The topological polar surface area (TPSA) is 30.3 Å². The summed E-state index contributed by atoms with van der Waals surface area (Å²) in [4.78, 5) is 7.41. The van der Waals surface area contributed by atoms with Gasteiger partial charge in [-0.15, -0.1) is 0 Å². The van der Waals surface area contributed by atoms with Crippen molar-refractivity contribution in [2.45, 2.75) is 70.6 Å². The molecule has 0 radical (unpaired) electrons. The van der Waals surface area contributed by atoms with Crippen molar-refractivity contribution in [2.75, 3.05) is 18.1 Å². The molecule has 0 N–H and O–H groups in total. The molecule has 1 saturated carbocycles. The third-order valence-corrected chi connectivity index (χ3v) is 7.62. The van der Waals surface area contributed by atoms with Crippen LogP contribution < -0.4 is 4.90 Å². The standard InChI is InChI=1S/C22H33N3OSi/c1-27(2,3)15-14-26-17-24-13-11-20-21-18(16-23-22(20)24)8-7-12-25(21)19-9-5-4-6-10-19/h7-8,11,13,16,19H,4-6,9-10,12,14-15,17H2,1-3H3. The molecule has 3 heterocycles. The van der Waals surface area contributed by atoms with Crippen molar-refractivity contribution in [1.82, 2.24) is 9.55 Å². The lowest BCUT2D eigenvalue weighted by Crippen LogP contribution is -2.38. The van der Waals surface area contributed by atoms with Gasteiger partial charge in [0.25, 0.3) is 0 Å². The second-order valence-electron chi connectivity index (χ2n) is 9.28. The summed E-state index contributed by atoms with van der Waals surface area (Å²) in [5.41, 5.74) is 3.70. The fourth-order valence-electron chi connectivity index (χ4n) is 4.34. The minimum atomic E-state index is -1.05. The minimum absolute atomic E-state index is 0.596. The quantitative estimate of drug-likeness (QED) is 0.486. The number of pyridine rings is 1. The van der Waals surface area contributed by atoms with Gasteiger partial charge in [-0.2, -0.15) is 0 Å². The number of fused-ring (bicyclic) bond motifs is 3. The lowest BCUT2D eigenvalue weighted by molar-refractivity contribution is 0.0899. The van der Waals surface area contributed by atoms with Crippen molar-refractivity contribution in [2.24, 2.45) is 0 Å². The van der Waals surface area contributed by atoms with E-state index in [1.165, 1.54) is 54.8 Å². The second kappa shape index (κ2) is 7.80. The first-order valence-electron chi connectivity index (χ1n) is 10.5. The summed E-state index contributed by atoms with van der Waals surface area (Å²) in [6.07, 6.45) is 15.5. The molecule has 0 atom stereocenters. The number of aromatic nitrogens is 2. The summed E-state index contributed by atoms with van der Waals surface area (Å²) in [5.74, 6) is 0. The highest BCUT2D eigenvalue weighted by Crippen LogP contribution is 2.37. The molecule has 1 aliphatic carbocycles. The van der Waals surface area contributed by atoms with Gasteiger partial charge in [0.2, 0.25) is 0 Å². The zero-order chi connectivity index (χ0) is 18.9. The average molecular weight is 384 g/mol. The van der Waals surface area contributed by atoms with Crippen LogP contribution in [0.2, 0.25) is 25.7 Å². The molecule has 0 aromatic carbocycles. The molecule has 4 nitrogen and oxygen atoms in total. The molecule has 2 aliphatic rings. The summed E-state index contributed by atoms with van der Waals surface area (Å²) >= 11 is 0. The number of nitrogens with zero attached hydrogens (tertiary/aromatic N) is 3. The summed E-state index contributed by atoms with van der Waals surface area (Å²) in [6.45, 7) is 9.64. The molecule has 0 spiro atoms. The van der Waals surface area contributed by atoms with Gasteiger partial charge < -0.3 is 14.2 Å². The average Bonchev–Trinajstić information content (AvgIpc) is 3.08. The molecule has 2 aromatic heterocycles. The summed E-state index contributed by atoms with van der Waals surface area (Å²) < 4.78 is 8.14. The van der Waals surface area contributed by atoms with E-state index in [-0.39, 0.29) is 0 Å². The maximum Gasteiger partial charge on any atom is 0.143 e. The number of rotatable bonds is 6. The van der Waals surface area contributed by atoms with Crippen molar-refractivity contribution < 1.29 is 4.74 Å². The molecular formula is C22H33N3OSi. The number of ether oxygens (including phenoxy) is 1. The molecular weight excluding hydrogens is 350 g/mol. The second-order valence-corrected chi connectivity index (χ2v) is 14.9. The van der Waals surface area contributed by atoms with Crippen molar-refractivity contribution in [3.8, 4) is 0 Å². The molecule has 1 aliphatic heterocycles. The molecule has 27 heavy (non-hydrogen) atoms. The van der Waals surface area contributed by atoms with Crippen LogP contribution in [0.4, 0.5) is 5.69 Å². The van der Waals surface area contributed by atoms with E-state index in [1.54, 1.807) is 0 Å². The van der Waals surface area contributed by atoms with Gasteiger partial charge in [0.1, 0.15) is 12.4 Å². The third-order valence-electron chi connectivity index (χ3n) is 5.92. The molecule has 1 fully saturated rings. The minimum Gasteiger partial charge on any atom is -0.364 e. The van der Waals surface area contributed by atoms with Crippen LogP contribution in [0.3, 0.4) is 0 Å². The molecule has 0 saturated heterocycles. The molecule has 5 heteroatoms. The number of hydrogen-bond acceptors (Lipinski definition) is 3. The molecule has 0 unspecified atom stereocenters. The van der Waals surface area contributed by atoms with Gasteiger partial charge in [-0.05, 0) is 25.0 Å². The van der Waals surface area contributed by atoms with Crippen LogP contribution in [0.15, 0.2) is 24.5 Å². The lowest BCUT2D eigenvalue weighted by atomic mass is 9.92. The summed E-state index contributed by atoms with van der Waals surface area (Å²) in [5, 5.41) is 1.27. The Morgan fingerprint density at radius 1 is 1.19 bits per heavy atom. The number of hydrogen-bond donors (Lipinski definition) is 0. The summed E-state index contributed by atoms with van der Waals surface area (Å²) in [6, 6.07) is 4.11. The van der Waals surface area contributed by atoms with Crippen molar-refractivity contribution in [1.29, 1.82) is 0 Å². The van der Waals surface area contributed by atoms with E-state index >= 15 is 0 Å². The van der Waals surface area contributed by atoms with Crippen LogP contribution in [0.1, 0.15) is 37.7 Å². The van der Waals surface area contributed by atoms with Crippen LogP contribution >= 0.6 is 0 Å². The highest BCUT2D eigenvalue weighted by molar-refractivity contribution is 6.76. The molecule has 4 rings (SSSR count). The Morgan fingerprint density at radius 3 is 2.78 bits per heavy atom. The zero-order valence-corrected chi connectivity index (χ0v) is 18.1. The van der Waals surface area contributed by atoms with Crippen molar-refractivity contribution in [3.05, 3.63) is 30.1 Å². The summed E-state index contributed by atoms with van der Waals surface area (Å²) in [7, 11) is -1.05. The molecule has 0 amide bonds. The van der Waals surface area contributed by atoms with Crippen LogP contribution in [-0.4, -0.2) is 36.8 Å². The van der Waals surface area contributed by atoms with E-state index in [0.717, 1.165) is 18.8 Å². The fourth-order valence-corrected chi connectivity index (χ4v) is 5.09. The maximum absolute atomic E-state index is 5.98. The van der Waals surface area contributed by atoms with Gasteiger partial charge in [-0.3, -0.25) is 0 Å². The van der Waals surface area contributed by atoms with E-state index in [1.807, 2.05) is 6.20 Å². The Labute approximate surface area is 164 Å². The maximum atomic E-state index is 5.98. The van der Waals surface area contributed by atoms with Crippen LogP contribution in [-0.2, 0) is 11.5 Å². The predicted molar refractivity (Wildman–Crippen MR) is 117 cm³/mol. The van der Waals surface area contributed by atoms with Crippen LogP contribution in [0.25, 0.3) is 17.1 Å². The zero-order valence-electron chi connectivity index (χ0n) is 17.1. The Kier molecular flexibility index (Phi) is 5.42. The van der Waals surface area contributed by atoms with Gasteiger partial charge >= 0.3 is 0 Å². The van der Waals surface area contributed by atoms with E-state index < -0.39 is 8.07 Å². The van der Waals surface area contributed by atoms with E-state index in [4.69, 9.17) is 9.72 Å². The largest absolute Gasteiger partial charge is 0.364 e. The van der Waals surface area contributed by atoms with Crippen molar-refractivity contribution >= 4 is 30.9 Å². The van der Waals surface area contributed by atoms with Crippen LogP contribution in [0, 0.1) is 0 Å². The van der Waals surface area contributed by atoms with E-state index in [0.29, 0.717) is 12.8 Å². The van der Waals surface area contributed by atoms with Crippen LogP contribution in [0.5, 0.6) is 0 Å². The Morgan fingerprint density at radius 2 is 2.00 bits per heavy atom. The molecule has 2 aromatic rings. The Bertz CT molecular complexity index is 815. The Hall–Kier alpha value is -1.59. The Balaban J connectivity index is 1.57. The fraction of sp³-hybridized carbons (Fsp3) is 0.591. The lowest BCUT2D eigenvalue weighted by Gasteiger charge is -2.38. The van der Waals surface area contributed by atoms with Gasteiger partial charge in [0.05, 0.1) is 5.69 Å². The highest BCUT2D eigenvalue weighted by atomic mass is 28.3. The van der Waals surface area contributed by atoms with Gasteiger partial charge in [0, 0.05) is 50.6 Å². The highest BCUT2D eigenvalue weighted by Gasteiger charge is 2.26. The molecule has 0 bridgehead atoms. The third kappa shape index (κ3) is 4.14. The van der Waals surface area contributed by atoms with Gasteiger partial charge in [-0.25, -0.2) is 4.98 Å². The number of anilines is 1. The van der Waals surface area contributed by atoms with Gasteiger partial charge in [-0.1, -0.05) is 51.1 Å². The first-order chi connectivity index (χ1) is 13.0. The molecule has 146 valence electrons. The van der Waals surface area contributed by atoms with Gasteiger partial charge in [0.15, 0.2) is 0 Å². The monoisotopic (exact) mass is 383 g/mol. The SMILES string of the molecule is C[Si](C)(C)CCOCn1ccc2c3c(cnc21)C=CCN3C1CCCCC1. The van der Waals surface area contributed by atoms with Crippen molar-refractivity contribution in [3.63, 3.8) is 0 Å². The smallest absolute Gasteiger partial charge is 0.143 e. The van der Waals surface area contributed by atoms with E-state index in [9.17, 15) is 0 Å². The first-order valence-corrected chi connectivity index (χ1v) is 14.2.